The van der Waals surface area contributed by atoms with Gasteiger partial charge in [-0.2, -0.15) is 4.98 Å². The van der Waals surface area contributed by atoms with Crippen LogP contribution in [0.5, 0.6) is 5.75 Å². The molecule has 0 bridgehead atoms. The quantitative estimate of drug-likeness (QED) is 0.896. The zero-order valence-corrected chi connectivity index (χ0v) is 11.4. The number of anilines is 2. The first-order chi connectivity index (χ1) is 9.72. The molecule has 0 fully saturated rings. The average molecular weight is 277 g/mol. The number of nitrogens with one attached hydrogen (secondary N) is 2. The van der Waals surface area contributed by atoms with Crippen LogP contribution >= 0.6 is 0 Å². The lowest BCUT2D eigenvalue weighted by atomic mass is 10.0. The molecule has 1 aliphatic rings. The van der Waals surface area contributed by atoms with E-state index in [2.05, 4.69) is 20.7 Å². The van der Waals surface area contributed by atoms with Gasteiger partial charge >= 0.3 is 0 Å². The number of benzene rings is 1. The van der Waals surface area contributed by atoms with Crippen molar-refractivity contribution in [3.63, 3.8) is 0 Å². The van der Waals surface area contributed by atoms with E-state index in [1.165, 1.54) is 13.2 Å². The summed E-state index contributed by atoms with van der Waals surface area (Å²) in [7, 11) is 3.22. The molecule has 106 valence electrons. The van der Waals surface area contributed by atoms with E-state index in [1.54, 1.807) is 17.8 Å². The molecule has 1 aliphatic heterocycles. The lowest BCUT2D eigenvalue weighted by molar-refractivity contribution is 0.384. The van der Waals surface area contributed by atoms with Gasteiger partial charge in [0.05, 0.1) is 13.2 Å². The van der Waals surface area contributed by atoms with Gasteiger partial charge in [-0.25, -0.2) is 9.07 Å². The molecule has 0 radical (unpaired) electrons. The molecule has 2 aromatic rings. The van der Waals surface area contributed by atoms with Crippen molar-refractivity contribution in [1.29, 1.82) is 0 Å². The Kier molecular flexibility index (Phi) is 3.17. The van der Waals surface area contributed by atoms with E-state index in [0.29, 0.717) is 11.9 Å². The van der Waals surface area contributed by atoms with Crippen molar-refractivity contribution in [1.82, 2.24) is 14.8 Å². The van der Waals surface area contributed by atoms with Crippen LogP contribution in [0.25, 0.3) is 0 Å². The molecule has 2 N–H and O–H groups in total. The van der Waals surface area contributed by atoms with Gasteiger partial charge in [-0.1, -0.05) is 6.07 Å². The summed E-state index contributed by atoms with van der Waals surface area (Å²) in [6, 6.07) is 4.98. The minimum atomic E-state index is -0.362. The summed E-state index contributed by atoms with van der Waals surface area (Å²) in [5, 5.41) is 10.5. The fourth-order valence-corrected chi connectivity index (χ4v) is 2.41. The van der Waals surface area contributed by atoms with Crippen LogP contribution in [-0.4, -0.2) is 35.5 Å². The Labute approximate surface area is 116 Å². The van der Waals surface area contributed by atoms with E-state index in [1.807, 2.05) is 6.07 Å². The van der Waals surface area contributed by atoms with Crippen molar-refractivity contribution in [2.24, 2.45) is 0 Å². The van der Waals surface area contributed by atoms with Gasteiger partial charge in [-0.05, 0) is 24.1 Å². The summed E-state index contributed by atoms with van der Waals surface area (Å²) in [5.41, 5.74) is 0.860. The topological polar surface area (TPSA) is 64.0 Å². The van der Waals surface area contributed by atoms with Crippen LogP contribution < -0.4 is 15.4 Å². The molecular weight excluding hydrogens is 261 g/mol. The Morgan fingerprint density at radius 3 is 3.05 bits per heavy atom. The molecule has 0 aliphatic carbocycles. The zero-order chi connectivity index (χ0) is 14.1. The summed E-state index contributed by atoms with van der Waals surface area (Å²) >= 11 is 0. The molecular formula is C13H16FN5O. The third-order valence-electron chi connectivity index (χ3n) is 3.41. The zero-order valence-electron chi connectivity index (χ0n) is 11.4. The predicted molar refractivity (Wildman–Crippen MR) is 73.8 cm³/mol. The van der Waals surface area contributed by atoms with Gasteiger partial charge in [-0.15, -0.1) is 5.10 Å². The van der Waals surface area contributed by atoms with Crippen LogP contribution in [0.3, 0.4) is 0 Å². The van der Waals surface area contributed by atoms with Crippen molar-refractivity contribution in [3.05, 3.63) is 29.6 Å². The molecule has 3 rings (SSSR count). The Bertz CT molecular complexity index is 627. The Balaban J connectivity index is 1.99. The summed E-state index contributed by atoms with van der Waals surface area (Å²) < 4.78 is 20.6. The number of nitrogens with zero attached hydrogens (tertiary/aromatic N) is 3. The molecule has 6 nitrogen and oxygen atoms in total. The monoisotopic (exact) mass is 277 g/mol. The molecule has 7 heteroatoms. The van der Waals surface area contributed by atoms with E-state index in [4.69, 9.17) is 4.74 Å². The van der Waals surface area contributed by atoms with Crippen molar-refractivity contribution in [2.45, 2.75) is 12.5 Å². The molecule has 0 spiro atoms. The summed E-state index contributed by atoms with van der Waals surface area (Å²) in [4.78, 5) is 4.31. The Morgan fingerprint density at radius 1 is 1.50 bits per heavy atom. The van der Waals surface area contributed by atoms with Gasteiger partial charge in [0.25, 0.3) is 0 Å². The normalized spacial score (nSPS) is 17.2. The van der Waals surface area contributed by atoms with Crippen LogP contribution in [0.2, 0.25) is 0 Å². The summed E-state index contributed by atoms with van der Waals surface area (Å²) in [6.45, 7) is 0.778. The number of fused-ring (bicyclic) bond motifs is 1. The smallest absolute Gasteiger partial charge is 0.243 e. The van der Waals surface area contributed by atoms with Crippen molar-refractivity contribution < 1.29 is 9.13 Å². The van der Waals surface area contributed by atoms with E-state index in [9.17, 15) is 4.39 Å². The minimum absolute atomic E-state index is 0.0266. The Hall–Kier alpha value is -2.31. The van der Waals surface area contributed by atoms with E-state index in [0.717, 1.165) is 18.5 Å². The van der Waals surface area contributed by atoms with Gasteiger partial charge in [0.1, 0.15) is 0 Å². The maximum atomic E-state index is 13.9. The molecule has 1 aromatic carbocycles. The number of aromatic nitrogens is 3. The summed E-state index contributed by atoms with van der Waals surface area (Å²) in [5.74, 6) is 1.13. The molecule has 0 amide bonds. The van der Waals surface area contributed by atoms with Gasteiger partial charge in [-0.3, -0.25) is 0 Å². The van der Waals surface area contributed by atoms with Gasteiger partial charge in [0.2, 0.25) is 11.9 Å². The SMILES string of the molecule is CNc1nc2n(n1)C(c1ccc(OC)c(F)c1)CCN2. The first kappa shape index (κ1) is 12.7. The number of hydrogen-bond donors (Lipinski definition) is 2. The molecule has 0 saturated heterocycles. The predicted octanol–water partition coefficient (Wildman–Crippen LogP) is 1.87. The fraction of sp³-hybridized carbons (Fsp3) is 0.385. The van der Waals surface area contributed by atoms with E-state index in [-0.39, 0.29) is 17.6 Å². The van der Waals surface area contributed by atoms with Crippen molar-refractivity contribution in [2.75, 3.05) is 31.3 Å². The lowest BCUT2D eigenvalue weighted by Crippen LogP contribution is -2.24. The van der Waals surface area contributed by atoms with Crippen LogP contribution in [0.1, 0.15) is 18.0 Å². The molecule has 1 aromatic heterocycles. The number of methoxy groups -OCH3 is 1. The first-order valence-electron chi connectivity index (χ1n) is 6.44. The maximum Gasteiger partial charge on any atom is 0.243 e. The van der Waals surface area contributed by atoms with Crippen LogP contribution in [0.15, 0.2) is 18.2 Å². The second-order valence-electron chi connectivity index (χ2n) is 4.58. The first-order valence-corrected chi connectivity index (χ1v) is 6.44. The van der Waals surface area contributed by atoms with Crippen molar-refractivity contribution in [3.8, 4) is 5.75 Å². The fourth-order valence-electron chi connectivity index (χ4n) is 2.41. The van der Waals surface area contributed by atoms with Gasteiger partial charge < -0.3 is 15.4 Å². The van der Waals surface area contributed by atoms with Crippen LogP contribution in [0.4, 0.5) is 16.3 Å². The van der Waals surface area contributed by atoms with Crippen LogP contribution in [-0.2, 0) is 0 Å². The van der Waals surface area contributed by atoms with Gasteiger partial charge in [0, 0.05) is 13.6 Å². The lowest BCUT2D eigenvalue weighted by Gasteiger charge is -2.24. The molecule has 1 atom stereocenters. The highest BCUT2D eigenvalue weighted by atomic mass is 19.1. The highest BCUT2D eigenvalue weighted by molar-refractivity contribution is 5.40. The standard InChI is InChI=1S/C13H16FN5O/c1-15-12-17-13-16-6-5-10(19(13)18-12)8-3-4-11(20-2)9(14)7-8/h3-4,7,10H,5-6H2,1-2H3,(H2,15,16,17,18). The molecule has 2 heterocycles. The second kappa shape index (κ2) is 4.99. The van der Waals surface area contributed by atoms with E-state index >= 15 is 0 Å². The maximum absolute atomic E-state index is 13.9. The Morgan fingerprint density at radius 2 is 2.35 bits per heavy atom. The van der Waals surface area contributed by atoms with Crippen molar-refractivity contribution >= 4 is 11.9 Å². The number of ether oxygens (including phenoxy) is 1. The highest BCUT2D eigenvalue weighted by Crippen LogP contribution is 2.31. The molecule has 1 unspecified atom stereocenters. The number of rotatable bonds is 3. The summed E-state index contributed by atoms with van der Waals surface area (Å²) in [6.07, 6.45) is 0.825. The van der Waals surface area contributed by atoms with Gasteiger partial charge in [0.15, 0.2) is 11.6 Å². The highest BCUT2D eigenvalue weighted by Gasteiger charge is 2.25. The largest absolute Gasteiger partial charge is 0.494 e. The second-order valence-corrected chi connectivity index (χ2v) is 4.58. The average Bonchev–Trinajstić information content (AvgIpc) is 2.90. The third kappa shape index (κ3) is 2.04. The number of halogens is 1. The minimum Gasteiger partial charge on any atom is -0.494 e. The molecule has 20 heavy (non-hydrogen) atoms. The third-order valence-corrected chi connectivity index (χ3v) is 3.41. The number of hydrogen-bond acceptors (Lipinski definition) is 5. The molecule has 0 saturated carbocycles. The van der Waals surface area contributed by atoms with Crippen LogP contribution in [0, 0.1) is 5.82 Å². The van der Waals surface area contributed by atoms with E-state index < -0.39 is 0 Å².